The van der Waals surface area contributed by atoms with Crippen molar-refractivity contribution in [2.45, 2.75) is 78.9 Å². The maximum atomic E-state index is 6.04. The van der Waals surface area contributed by atoms with E-state index >= 15 is 0 Å². The van der Waals surface area contributed by atoms with Gasteiger partial charge in [-0.05, 0) is 77.0 Å². The van der Waals surface area contributed by atoms with E-state index in [2.05, 4.69) is 47.3 Å². The standard InChI is InChI=1S/C16H18N8.C10H20O/c1-8(2)24-9(3)19-12-5-4-11(20-15(12)24)10-6-7-23-13(10)14(17)21-16(18)22-23;1-3-8-11-10-6-4-9(2)5-7-10/h4-8H,1-3H3,(H4,17,18,21,22);9-10H,3-8H2,1-2H3. The Morgan fingerprint density at radius 1 is 1.06 bits per heavy atom. The van der Waals surface area contributed by atoms with Gasteiger partial charge in [0.15, 0.2) is 11.5 Å². The van der Waals surface area contributed by atoms with E-state index in [1.807, 2.05) is 25.1 Å². The topological polar surface area (TPSA) is 122 Å². The van der Waals surface area contributed by atoms with Crippen LogP contribution in [-0.4, -0.2) is 41.8 Å². The van der Waals surface area contributed by atoms with Gasteiger partial charge in [0.1, 0.15) is 16.9 Å². The molecule has 0 radical (unpaired) electrons. The number of imidazole rings is 1. The van der Waals surface area contributed by atoms with Crippen molar-refractivity contribution >= 4 is 28.4 Å². The van der Waals surface area contributed by atoms with Crippen molar-refractivity contribution in [3.05, 3.63) is 30.2 Å². The van der Waals surface area contributed by atoms with Crippen molar-refractivity contribution in [3.8, 4) is 11.3 Å². The van der Waals surface area contributed by atoms with Crippen LogP contribution < -0.4 is 11.5 Å². The minimum Gasteiger partial charge on any atom is -0.382 e. The summed E-state index contributed by atoms with van der Waals surface area (Å²) in [6.45, 7) is 11.7. The van der Waals surface area contributed by atoms with Crippen LogP contribution >= 0.6 is 0 Å². The summed E-state index contributed by atoms with van der Waals surface area (Å²) in [6, 6.07) is 6.10. The lowest BCUT2D eigenvalue weighted by Crippen LogP contribution is -2.20. The number of hydrogen-bond donors (Lipinski definition) is 2. The molecule has 4 N–H and O–H groups in total. The fourth-order valence-electron chi connectivity index (χ4n) is 4.81. The van der Waals surface area contributed by atoms with Crippen LogP contribution in [0.1, 0.15) is 71.7 Å². The van der Waals surface area contributed by atoms with Gasteiger partial charge in [-0.15, -0.1) is 5.10 Å². The fraction of sp³-hybridized carbons (Fsp3) is 0.538. The number of fused-ring (bicyclic) bond motifs is 2. The molecule has 1 aliphatic rings. The van der Waals surface area contributed by atoms with Crippen molar-refractivity contribution in [1.82, 2.24) is 29.1 Å². The van der Waals surface area contributed by atoms with Gasteiger partial charge in [0.25, 0.3) is 0 Å². The van der Waals surface area contributed by atoms with Gasteiger partial charge >= 0.3 is 0 Å². The average molecular weight is 479 g/mol. The Hall–Kier alpha value is -3.20. The first-order chi connectivity index (χ1) is 16.8. The number of aryl methyl sites for hydroxylation is 1. The van der Waals surface area contributed by atoms with E-state index in [-0.39, 0.29) is 12.0 Å². The third-order valence-corrected chi connectivity index (χ3v) is 6.58. The lowest BCUT2D eigenvalue weighted by molar-refractivity contribution is 0.0203. The summed E-state index contributed by atoms with van der Waals surface area (Å²) in [5, 5.41) is 4.15. The second-order valence-corrected chi connectivity index (χ2v) is 9.79. The lowest BCUT2D eigenvalue weighted by Gasteiger charge is -2.25. The highest BCUT2D eigenvalue weighted by atomic mass is 16.5. The summed E-state index contributed by atoms with van der Waals surface area (Å²) in [6.07, 6.45) is 8.87. The van der Waals surface area contributed by atoms with E-state index in [1.54, 1.807) is 10.7 Å². The number of hydrogen-bond acceptors (Lipinski definition) is 7. The molecule has 0 unspecified atom stereocenters. The Kier molecular flexibility index (Phi) is 7.54. The molecule has 0 aromatic carbocycles. The summed E-state index contributed by atoms with van der Waals surface area (Å²) < 4.78 is 9.43. The molecule has 0 atom stereocenters. The van der Waals surface area contributed by atoms with Crippen LogP contribution in [0.5, 0.6) is 0 Å². The zero-order valence-corrected chi connectivity index (χ0v) is 21.5. The number of pyridine rings is 1. The molecule has 188 valence electrons. The largest absolute Gasteiger partial charge is 0.382 e. The zero-order valence-electron chi connectivity index (χ0n) is 21.5. The van der Waals surface area contributed by atoms with Gasteiger partial charge < -0.3 is 20.8 Å². The van der Waals surface area contributed by atoms with Crippen molar-refractivity contribution < 1.29 is 4.74 Å². The SMILES string of the molecule is CCCOC1CCC(C)CC1.Cc1nc2ccc(-c3ccn4nc(N)nc(N)c34)nc2n1C(C)C. The molecule has 0 saturated heterocycles. The smallest absolute Gasteiger partial charge is 0.240 e. The summed E-state index contributed by atoms with van der Waals surface area (Å²) in [7, 11) is 0. The van der Waals surface area contributed by atoms with Crippen molar-refractivity contribution in [1.29, 1.82) is 0 Å². The van der Waals surface area contributed by atoms with Crippen LogP contribution in [0, 0.1) is 12.8 Å². The third-order valence-electron chi connectivity index (χ3n) is 6.58. The first-order valence-corrected chi connectivity index (χ1v) is 12.7. The summed E-state index contributed by atoms with van der Waals surface area (Å²) in [5.41, 5.74) is 15.8. The molecule has 0 amide bonds. The van der Waals surface area contributed by atoms with Gasteiger partial charge in [-0.3, -0.25) is 0 Å². The molecule has 9 nitrogen and oxygen atoms in total. The summed E-state index contributed by atoms with van der Waals surface area (Å²) in [5.74, 6) is 2.36. The molecule has 1 aliphatic carbocycles. The van der Waals surface area contributed by atoms with Gasteiger partial charge in [-0.25, -0.2) is 14.5 Å². The Balaban J connectivity index is 0.000000221. The first-order valence-electron chi connectivity index (χ1n) is 12.7. The molecular weight excluding hydrogens is 440 g/mol. The van der Waals surface area contributed by atoms with Gasteiger partial charge in [-0.2, -0.15) is 4.98 Å². The van der Waals surface area contributed by atoms with E-state index in [0.717, 1.165) is 47.2 Å². The molecule has 9 heteroatoms. The molecule has 4 aromatic heterocycles. The fourth-order valence-corrected chi connectivity index (χ4v) is 4.81. The van der Waals surface area contributed by atoms with Crippen LogP contribution in [0.2, 0.25) is 0 Å². The molecule has 0 spiro atoms. The summed E-state index contributed by atoms with van der Waals surface area (Å²) in [4.78, 5) is 13.4. The number of nitrogens with two attached hydrogens (primary N) is 2. The molecule has 35 heavy (non-hydrogen) atoms. The lowest BCUT2D eigenvalue weighted by atomic mass is 9.89. The predicted octanol–water partition coefficient (Wildman–Crippen LogP) is 5.19. The van der Waals surface area contributed by atoms with Crippen molar-refractivity contribution in [2.75, 3.05) is 18.1 Å². The number of nitrogens with zero attached hydrogens (tertiary/aromatic N) is 6. The predicted molar refractivity (Wildman–Crippen MR) is 141 cm³/mol. The van der Waals surface area contributed by atoms with Crippen LogP contribution in [0.25, 0.3) is 27.9 Å². The van der Waals surface area contributed by atoms with E-state index < -0.39 is 0 Å². The molecule has 0 bridgehead atoms. The van der Waals surface area contributed by atoms with Gasteiger partial charge in [-0.1, -0.05) is 13.8 Å². The van der Waals surface area contributed by atoms with Crippen LogP contribution in [0.4, 0.5) is 11.8 Å². The maximum absolute atomic E-state index is 6.04. The highest BCUT2D eigenvalue weighted by molar-refractivity contribution is 5.88. The van der Waals surface area contributed by atoms with E-state index in [4.69, 9.17) is 21.2 Å². The number of ether oxygens (including phenoxy) is 1. The number of anilines is 2. The highest BCUT2D eigenvalue weighted by Crippen LogP contribution is 2.30. The van der Waals surface area contributed by atoms with E-state index in [0.29, 0.717) is 17.4 Å². The quantitative estimate of drug-likeness (QED) is 0.405. The van der Waals surface area contributed by atoms with Crippen molar-refractivity contribution in [3.63, 3.8) is 0 Å². The Labute approximate surface area is 206 Å². The second-order valence-electron chi connectivity index (χ2n) is 9.79. The summed E-state index contributed by atoms with van der Waals surface area (Å²) >= 11 is 0. The van der Waals surface area contributed by atoms with Crippen LogP contribution in [0.15, 0.2) is 24.4 Å². The van der Waals surface area contributed by atoms with Crippen LogP contribution in [0.3, 0.4) is 0 Å². The Bertz CT molecular complexity index is 1280. The maximum Gasteiger partial charge on any atom is 0.240 e. The first kappa shape index (κ1) is 24.9. The second kappa shape index (κ2) is 10.6. The molecule has 4 heterocycles. The third kappa shape index (κ3) is 5.40. The van der Waals surface area contributed by atoms with Crippen molar-refractivity contribution in [2.24, 2.45) is 5.92 Å². The highest BCUT2D eigenvalue weighted by Gasteiger charge is 2.18. The zero-order chi connectivity index (χ0) is 25.1. The minimum absolute atomic E-state index is 0.138. The number of rotatable bonds is 5. The minimum atomic E-state index is 0.138. The monoisotopic (exact) mass is 478 g/mol. The molecule has 1 saturated carbocycles. The van der Waals surface area contributed by atoms with E-state index in [9.17, 15) is 0 Å². The van der Waals surface area contributed by atoms with Gasteiger partial charge in [0.05, 0.1) is 11.8 Å². The molecular formula is C26H38N8O. The number of aromatic nitrogens is 6. The Morgan fingerprint density at radius 2 is 1.80 bits per heavy atom. The van der Waals surface area contributed by atoms with Gasteiger partial charge in [0.2, 0.25) is 5.95 Å². The average Bonchev–Trinajstić information content (AvgIpc) is 3.39. The Morgan fingerprint density at radius 3 is 2.49 bits per heavy atom. The molecule has 4 aromatic rings. The molecule has 5 rings (SSSR count). The number of nitrogen functional groups attached to an aromatic ring is 2. The normalized spacial score (nSPS) is 18.2. The van der Waals surface area contributed by atoms with Gasteiger partial charge in [0, 0.05) is 24.4 Å². The van der Waals surface area contributed by atoms with Crippen LogP contribution in [-0.2, 0) is 4.74 Å². The molecule has 1 fully saturated rings. The molecule has 0 aliphatic heterocycles. The van der Waals surface area contributed by atoms with E-state index in [1.165, 1.54) is 25.7 Å².